The first-order chi connectivity index (χ1) is 9.95. The third-order valence-electron chi connectivity index (χ3n) is 3.45. The van der Waals surface area contributed by atoms with Crippen molar-refractivity contribution in [3.63, 3.8) is 0 Å². The van der Waals surface area contributed by atoms with Gasteiger partial charge in [-0.25, -0.2) is 0 Å². The molecule has 0 radical (unpaired) electrons. The molecule has 0 saturated heterocycles. The number of imide groups is 1. The number of methoxy groups -OCH3 is 1. The van der Waals surface area contributed by atoms with Gasteiger partial charge in [-0.3, -0.25) is 24.2 Å². The minimum absolute atomic E-state index is 0.147. The lowest BCUT2D eigenvalue weighted by Crippen LogP contribution is -2.41. The third-order valence-corrected chi connectivity index (χ3v) is 3.45. The molecule has 0 fully saturated rings. The number of ether oxygens (including phenoxy) is 1. The van der Waals surface area contributed by atoms with E-state index in [9.17, 15) is 14.4 Å². The molecule has 1 aliphatic rings. The Morgan fingerprint density at radius 3 is 2.24 bits per heavy atom. The quantitative estimate of drug-likeness (QED) is 0.597. The molecule has 1 atom stereocenters. The Bertz CT molecular complexity index is 550. The molecule has 1 aliphatic heterocycles. The van der Waals surface area contributed by atoms with Gasteiger partial charge in [0.2, 0.25) is 0 Å². The van der Waals surface area contributed by atoms with Gasteiger partial charge in [-0.15, -0.1) is 0 Å². The Kier molecular flexibility index (Phi) is 4.37. The topological polar surface area (TPSA) is 66.9 Å². The first kappa shape index (κ1) is 15.2. The van der Waals surface area contributed by atoms with E-state index in [1.165, 1.54) is 12.0 Å². The van der Waals surface area contributed by atoms with E-state index >= 15 is 0 Å². The minimum atomic E-state index is -0.324. The molecule has 112 valence electrons. The molecule has 1 unspecified atom stereocenters. The monoisotopic (exact) mass is 290 g/mol. The van der Waals surface area contributed by atoms with Gasteiger partial charge in [-0.1, -0.05) is 19.1 Å². The highest BCUT2D eigenvalue weighted by Gasteiger charge is 2.35. The van der Waals surface area contributed by atoms with Gasteiger partial charge in [0, 0.05) is 6.54 Å². The van der Waals surface area contributed by atoms with Gasteiger partial charge >= 0.3 is 5.97 Å². The maximum Gasteiger partial charge on any atom is 0.309 e. The number of fused-ring (bicyclic) bond motifs is 1. The van der Waals surface area contributed by atoms with Crippen molar-refractivity contribution in [1.82, 2.24) is 9.80 Å². The second kappa shape index (κ2) is 6.05. The molecule has 1 aromatic rings. The van der Waals surface area contributed by atoms with Crippen molar-refractivity contribution >= 4 is 17.8 Å². The fraction of sp³-hybridized carbons (Fsp3) is 0.400. The van der Waals surface area contributed by atoms with E-state index in [1.54, 1.807) is 43.1 Å². The predicted octanol–water partition coefficient (Wildman–Crippen LogP) is 0.981. The Morgan fingerprint density at radius 1 is 1.24 bits per heavy atom. The Labute approximate surface area is 123 Å². The lowest BCUT2D eigenvalue weighted by molar-refractivity contribution is -0.145. The standard InChI is InChI=1S/C15H18N2O4/c1-10(15(20)21-3)8-16(2)9-17-13(18)11-6-4-5-7-12(11)14(17)19/h4-7,10H,8-9H2,1-3H3. The van der Waals surface area contributed by atoms with Gasteiger partial charge in [0.05, 0.1) is 30.8 Å². The summed E-state index contributed by atoms with van der Waals surface area (Å²) in [7, 11) is 3.09. The average molecular weight is 290 g/mol. The summed E-state index contributed by atoms with van der Waals surface area (Å²) in [6, 6.07) is 6.76. The first-order valence-electron chi connectivity index (χ1n) is 6.67. The number of hydrogen-bond donors (Lipinski definition) is 0. The van der Waals surface area contributed by atoms with Crippen LogP contribution in [0, 0.1) is 5.92 Å². The van der Waals surface area contributed by atoms with Crippen molar-refractivity contribution in [3.8, 4) is 0 Å². The summed E-state index contributed by atoms with van der Waals surface area (Å²) >= 11 is 0. The second-order valence-corrected chi connectivity index (χ2v) is 5.19. The SMILES string of the molecule is COC(=O)C(C)CN(C)CN1C(=O)c2ccccc2C1=O. The molecule has 0 saturated carbocycles. The summed E-state index contributed by atoms with van der Waals surface area (Å²) in [5, 5.41) is 0. The summed E-state index contributed by atoms with van der Waals surface area (Å²) in [6.45, 7) is 2.29. The fourth-order valence-electron chi connectivity index (χ4n) is 2.41. The van der Waals surface area contributed by atoms with Crippen LogP contribution in [0.3, 0.4) is 0 Å². The third kappa shape index (κ3) is 2.95. The molecule has 1 aromatic carbocycles. The van der Waals surface area contributed by atoms with Crippen molar-refractivity contribution in [2.45, 2.75) is 6.92 Å². The van der Waals surface area contributed by atoms with E-state index in [2.05, 4.69) is 4.74 Å². The van der Waals surface area contributed by atoms with E-state index in [-0.39, 0.29) is 30.4 Å². The van der Waals surface area contributed by atoms with Crippen molar-refractivity contribution < 1.29 is 19.1 Å². The molecule has 0 N–H and O–H groups in total. The number of carbonyl (C=O) groups excluding carboxylic acids is 3. The van der Waals surface area contributed by atoms with Crippen LogP contribution in [0.15, 0.2) is 24.3 Å². The predicted molar refractivity (Wildman–Crippen MR) is 75.6 cm³/mol. The molecule has 0 aromatic heterocycles. The van der Waals surface area contributed by atoms with Crippen LogP contribution in [0.2, 0.25) is 0 Å². The number of rotatable bonds is 5. The molecular weight excluding hydrogens is 272 g/mol. The molecule has 0 bridgehead atoms. The number of benzene rings is 1. The Hall–Kier alpha value is -2.21. The summed E-state index contributed by atoms with van der Waals surface area (Å²) in [5.74, 6) is -1.24. The highest BCUT2D eigenvalue weighted by atomic mass is 16.5. The van der Waals surface area contributed by atoms with Crippen LogP contribution in [0.5, 0.6) is 0 Å². The van der Waals surface area contributed by atoms with Crippen LogP contribution in [0.1, 0.15) is 27.6 Å². The normalized spacial score (nSPS) is 15.3. The highest BCUT2D eigenvalue weighted by molar-refractivity contribution is 6.21. The molecule has 2 rings (SSSR count). The van der Waals surface area contributed by atoms with Gasteiger partial charge in [-0.05, 0) is 19.2 Å². The van der Waals surface area contributed by atoms with E-state index < -0.39 is 0 Å². The molecular formula is C15H18N2O4. The fourth-order valence-corrected chi connectivity index (χ4v) is 2.41. The number of esters is 1. The van der Waals surface area contributed by atoms with Crippen molar-refractivity contribution in [2.24, 2.45) is 5.92 Å². The zero-order chi connectivity index (χ0) is 15.6. The lowest BCUT2D eigenvalue weighted by atomic mass is 10.1. The van der Waals surface area contributed by atoms with Gasteiger partial charge in [0.25, 0.3) is 11.8 Å². The maximum absolute atomic E-state index is 12.2. The summed E-state index contributed by atoms with van der Waals surface area (Å²) < 4.78 is 4.66. The number of nitrogens with zero attached hydrogens (tertiary/aromatic N) is 2. The zero-order valence-electron chi connectivity index (χ0n) is 12.3. The number of carbonyl (C=O) groups is 3. The van der Waals surface area contributed by atoms with Crippen molar-refractivity contribution in [2.75, 3.05) is 27.4 Å². The van der Waals surface area contributed by atoms with Crippen LogP contribution in [-0.2, 0) is 9.53 Å². The summed E-state index contributed by atoms with van der Waals surface area (Å²) in [4.78, 5) is 38.7. The number of amides is 2. The van der Waals surface area contributed by atoms with Gasteiger partial charge in [-0.2, -0.15) is 0 Å². The first-order valence-corrected chi connectivity index (χ1v) is 6.67. The van der Waals surface area contributed by atoms with Crippen molar-refractivity contribution in [1.29, 1.82) is 0 Å². The average Bonchev–Trinajstić information content (AvgIpc) is 2.72. The minimum Gasteiger partial charge on any atom is -0.469 e. The Morgan fingerprint density at radius 2 is 1.76 bits per heavy atom. The summed E-state index contributed by atoms with van der Waals surface area (Å²) in [5.41, 5.74) is 0.855. The van der Waals surface area contributed by atoms with Crippen LogP contribution < -0.4 is 0 Å². The van der Waals surface area contributed by atoms with E-state index in [0.717, 1.165) is 0 Å². The molecule has 6 nitrogen and oxygen atoms in total. The maximum atomic E-state index is 12.2. The molecule has 6 heteroatoms. The van der Waals surface area contributed by atoms with Gasteiger partial charge < -0.3 is 4.74 Å². The van der Waals surface area contributed by atoms with Crippen LogP contribution in [-0.4, -0.2) is 55.0 Å². The number of hydrogen-bond acceptors (Lipinski definition) is 5. The van der Waals surface area contributed by atoms with E-state index in [1.807, 2.05) is 0 Å². The molecule has 21 heavy (non-hydrogen) atoms. The molecule has 0 aliphatic carbocycles. The molecule has 2 amide bonds. The van der Waals surface area contributed by atoms with Gasteiger partial charge in [0.15, 0.2) is 0 Å². The van der Waals surface area contributed by atoms with E-state index in [4.69, 9.17) is 0 Å². The largest absolute Gasteiger partial charge is 0.469 e. The van der Waals surface area contributed by atoms with E-state index in [0.29, 0.717) is 17.7 Å². The smallest absolute Gasteiger partial charge is 0.309 e. The highest BCUT2D eigenvalue weighted by Crippen LogP contribution is 2.22. The molecule has 0 spiro atoms. The lowest BCUT2D eigenvalue weighted by Gasteiger charge is -2.24. The molecule has 1 heterocycles. The Balaban J connectivity index is 2.03. The van der Waals surface area contributed by atoms with Crippen LogP contribution in [0.4, 0.5) is 0 Å². The van der Waals surface area contributed by atoms with Crippen molar-refractivity contribution in [3.05, 3.63) is 35.4 Å². The second-order valence-electron chi connectivity index (χ2n) is 5.19. The summed E-state index contributed by atoms with van der Waals surface area (Å²) in [6.07, 6.45) is 0. The van der Waals surface area contributed by atoms with Gasteiger partial charge in [0.1, 0.15) is 0 Å². The van der Waals surface area contributed by atoms with Crippen LogP contribution in [0.25, 0.3) is 0 Å². The van der Waals surface area contributed by atoms with Crippen LogP contribution >= 0.6 is 0 Å². The zero-order valence-corrected chi connectivity index (χ0v) is 12.3.